The average molecular weight is 338 g/mol. The van der Waals surface area contributed by atoms with Crippen LogP contribution in [-0.2, 0) is 28.5 Å². The number of carbonyl (C=O) groups is 2. The zero-order valence-corrected chi connectivity index (χ0v) is 14.6. The molecule has 0 unspecified atom stereocenters. The lowest BCUT2D eigenvalue weighted by molar-refractivity contribution is -0.176. The molecule has 0 aromatic rings. The van der Waals surface area contributed by atoms with E-state index in [0.29, 0.717) is 13.2 Å². The van der Waals surface area contributed by atoms with E-state index in [-0.39, 0.29) is 42.1 Å². The Hall–Kier alpha value is -1.14. The Kier molecular flexibility index (Phi) is 3.52. The summed E-state index contributed by atoms with van der Waals surface area (Å²) in [5.41, 5.74) is -1.58. The molecule has 0 spiro atoms. The van der Waals surface area contributed by atoms with Crippen molar-refractivity contribution in [2.75, 3.05) is 13.2 Å². The summed E-state index contributed by atoms with van der Waals surface area (Å²) in [5.74, 6) is -0.266. The largest absolute Gasteiger partial charge is 0.465 e. The van der Waals surface area contributed by atoms with Crippen molar-refractivity contribution in [2.24, 2.45) is 16.7 Å². The Morgan fingerprint density at radius 2 is 2.08 bits per heavy atom. The van der Waals surface area contributed by atoms with Crippen LogP contribution in [0.2, 0.25) is 0 Å². The highest BCUT2D eigenvalue weighted by Crippen LogP contribution is 2.66. The first-order valence-electron chi connectivity index (χ1n) is 8.94. The van der Waals surface area contributed by atoms with Crippen molar-refractivity contribution in [1.82, 2.24) is 0 Å². The van der Waals surface area contributed by atoms with Crippen molar-refractivity contribution >= 4 is 11.9 Å². The molecule has 6 nitrogen and oxygen atoms in total. The highest BCUT2D eigenvalue weighted by molar-refractivity contribution is 5.84. The zero-order chi connectivity index (χ0) is 17.2. The van der Waals surface area contributed by atoms with Crippen LogP contribution in [0.5, 0.6) is 0 Å². The Balaban J connectivity index is 1.37. The van der Waals surface area contributed by atoms with Gasteiger partial charge in [-0.1, -0.05) is 13.8 Å². The molecular weight excluding hydrogens is 312 g/mol. The van der Waals surface area contributed by atoms with Crippen LogP contribution in [0, 0.1) is 16.7 Å². The Bertz CT molecular complexity index is 572. The lowest BCUT2D eigenvalue weighted by atomic mass is 9.65. The SMILES string of the molecule is CC1(C)[C@]2(CC(=O)OC[C@H]3C[C@H]4OCC[C@@H]3O4)CC[C@@]1(C)C(=O)O2. The van der Waals surface area contributed by atoms with Gasteiger partial charge in [-0.05, 0) is 26.2 Å². The van der Waals surface area contributed by atoms with Gasteiger partial charge in [-0.3, -0.25) is 9.59 Å². The maximum Gasteiger partial charge on any atom is 0.313 e. The third kappa shape index (κ3) is 2.08. The third-order valence-corrected chi connectivity index (χ3v) is 7.23. The summed E-state index contributed by atoms with van der Waals surface area (Å²) in [4.78, 5) is 24.7. The Morgan fingerprint density at radius 3 is 2.71 bits per heavy atom. The van der Waals surface area contributed by atoms with Gasteiger partial charge < -0.3 is 18.9 Å². The lowest BCUT2D eigenvalue weighted by Gasteiger charge is -2.36. The molecule has 4 bridgehead atoms. The van der Waals surface area contributed by atoms with E-state index >= 15 is 0 Å². The molecule has 3 heterocycles. The molecule has 4 aliphatic rings. The quantitative estimate of drug-likeness (QED) is 0.732. The van der Waals surface area contributed by atoms with E-state index in [1.54, 1.807) is 0 Å². The minimum Gasteiger partial charge on any atom is -0.465 e. The van der Waals surface area contributed by atoms with Crippen molar-refractivity contribution in [3.05, 3.63) is 0 Å². The molecule has 4 rings (SSSR count). The molecule has 24 heavy (non-hydrogen) atoms. The van der Waals surface area contributed by atoms with E-state index in [1.165, 1.54) is 0 Å². The molecule has 3 saturated heterocycles. The van der Waals surface area contributed by atoms with E-state index < -0.39 is 11.0 Å². The van der Waals surface area contributed by atoms with Crippen molar-refractivity contribution < 1.29 is 28.5 Å². The molecule has 1 saturated carbocycles. The van der Waals surface area contributed by atoms with E-state index in [2.05, 4.69) is 0 Å². The topological polar surface area (TPSA) is 71.1 Å². The van der Waals surface area contributed by atoms with Crippen LogP contribution in [0.4, 0.5) is 0 Å². The molecular formula is C18H26O6. The monoisotopic (exact) mass is 338 g/mol. The second-order valence-corrected chi connectivity index (χ2v) is 8.46. The Labute approximate surface area is 142 Å². The molecule has 1 aliphatic carbocycles. The number of hydrogen-bond donors (Lipinski definition) is 0. The van der Waals surface area contributed by atoms with Gasteiger partial charge in [0, 0.05) is 17.8 Å². The molecule has 0 aromatic heterocycles. The fourth-order valence-corrected chi connectivity index (χ4v) is 4.90. The molecule has 4 fully saturated rings. The summed E-state index contributed by atoms with van der Waals surface area (Å²) >= 11 is 0. The number of hydrogen-bond acceptors (Lipinski definition) is 6. The maximum absolute atomic E-state index is 12.4. The van der Waals surface area contributed by atoms with Gasteiger partial charge in [-0.25, -0.2) is 0 Å². The van der Waals surface area contributed by atoms with Crippen LogP contribution in [-0.4, -0.2) is 43.1 Å². The smallest absolute Gasteiger partial charge is 0.313 e. The minimum absolute atomic E-state index is 0.130. The third-order valence-electron chi connectivity index (χ3n) is 7.23. The standard InChI is InChI=1S/C18H26O6/c1-16(2)17(3)5-6-18(16,24-15(17)20)9-13(19)22-10-11-8-14-21-7-4-12(11)23-14/h11-12,14H,4-10H2,1-3H3/t11-,12+,14+,17+,18-/m1/s1. The normalized spacial score (nSPS) is 45.3. The minimum atomic E-state index is -0.721. The van der Waals surface area contributed by atoms with Gasteiger partial charge in [-0.15, -0.1) is 0 Å². The Morgan fingerprint density at radius 1 is 1.29 bits per heavy atom. The zero-order valence-electron chi connectivity index (χ0n) is 14.6. The number of fused-ring (bicyclic) bond motifs is 4. The van der Waals surface area contributed by atoms with Crippen LogP contribution in [0.3, 0.4) is 0 Å². The molecule has 0 N–H and O–H groups in total. The van der Waals surface area contributed by atoms with E-state index in [0.717, 1.165) is 25.7 Å². The van der Waals surface area contributed by atoms with Crippen LogP contribution in [0.25, 0.3) is 0 Å². The van der Waals surface area contributed by atoms with Crippen molar-refractivity contribution in [1.29, 1.82) is 0 Å². The average Bonchev–Trinajstić information content (AvgIpc) is 2.97. The first kappa shape index (κ1) is 16.3. The number of carbonyl (C=O) groups excluding carboxylic acids is 2. The predicted molar refractivity (Wildman–Crippen MR) is 82.9 cm³/mol. The van der Waals surface area contributed by atoms with E-state index in [1.807, 2.05) is 20.8 Å². The molecule has 3 aliphatic heterocycles. The molecule has 134 valence electrons. The van der Waals surface area contributed by atoms with Crippen LogP contribution < -0.4 is 0 Å². The fourth-order valence-electron chi connectivity index (χ4n) is 4.90. The highest BCUT2D eigenvalue weighted by atomic mass is 16.7. The maximum atomic E-state index is 12.4. The second kappa shape index (κ2) is 5.18. The van der Waals surface area contributed by atoms with Gasteiger partial charge in [0.15, 0.2) is 6.29 Å². The van der Waals surface area contributed by atoms with Gasteiger partial charge in [-0.2, -0.15) is 0 Å². The highest BCUT2D eigenvalue weighted by Gasteiger charge is 2.72. The first-order chi connectivity index (χ1) is 11.3. The van der Waals surface area contributed by atoms with Gasteiger partial charge >= 0.3 is 11.9 Å². The lowest BCUT2D eigenvalue weighted by Crippen LogP contribution is -2.43. The first-order valence-corrected chi connectivity index (χ1v) is 8.94. The molecule has 0 radical (unpaired) electrons. The van der Waals surface area contributed by atoms with Crippen molar-refractivity contribution in [3.8, 4) is 0 Å². The molecule has 0 aromatic carbocycles. The number of esters is 2. The summed E-state index contributed by atoms with van der Waals surface area (Å²) in [5, 5.41) is 0. The number of ether oxygens (including phenoxy) is 4. The summed E-state index contributed by atoms with van der Waals surface area (Å²) in [6.07, 6.45) is 3.25. The second-order valence-electron chi connectivity index (χ2n) is 8.46. The van der Waals surface area contributed by atoms with Crippen LogP contribution in [0.1, 0.15) is 52.9 Å². The molecule has 6 heteroatoms. The fraction of sp³-hybridized carbons (Fsp3) is 0.889. The number of rotatable bonds is 4. The van der Waals surface area contributed by atoms with Gasteiger partial charge in [0.1, 0.15) is 5.60 Å². The van der Waals surface area contributed by atoms with Crippen LogP contribution in [0.15, 0.2) is 0 Å². The molecule has 0 amide bonds. The molecule has 5 atom stereocenters. The predicted octanol–water partition coefficient (Wildman–Crippen LogP) is 2.19. The van der Waals surface area contributed by atoms with Crippen molar-refractivity contribution in [2.45, 2.75) is 70.9 Å². The van der Waals surface area contributed by atoms with Gasteiger partial charge in [0.25, 0.3) is 0 Å². The van der Waals surface area contributed by atoms with Gasteiger partial charge in [0.05, 0.1) is 31.2 Å². The van der Waals surface area contributed by atoms with Crippen molar-refractivity contribution in [3.63, 3.8) is 0 Å². The summed E-state index contributed by atoms with van der Waals surface area (Å²) in [7, 11) is 0. The van der Waals surface area contributed by atoms with E-state index in [4.69, 9.17) is 18.9 Å². The van der Waals surface area contributed by atoms with Gasteiger partial charge in [0.2, 0.25) is 0 Å². The summed E-state index contributed by atoms with van der Waals surface area (Å²) in [6, 6.07) is 0. The van der Waals surface area contributed by atoms with E-state index in [9.17, 15) is 9.59 Å². The van der Waals surface area contributed by atoms with Crippen LogP contribution >= 0.6 is 0 Å². The summed E-state index contributed by atoms with van der Waals surface area (Å²) < 4.78 is 22.4. The summed E-state index contributed by atoms with van der Waals surface area (Å²) in [6.45, 7) is 7.08.